The van der Waals surface area contributed by atoms with Crippen LogP contribution in [0.25, 0.3) is 0 Å². The van der Waals surface area contributed by atoms with Crippen LogP contribution >= 0.6 is 65.8 Å². The van der Waals surface area contributed by atoms with Crippen LogP contribution in [-0.2, 0) is 4.57 Å². The van der Waals surface area contributed by atoms with Crippen LogP contribution in [0, 0.1) is 0 Å². The summed E-state index contributed by atoms with van der Waals surface area (Å²) in [4.78, 5) is 26.0. The van der Waals surface area contributed by atoms with E-state index in [0.717, 1.165) is 0 Å². The van der Waals surface area contributed by atoms with Gasteiger partial charge in [0.1, 0.15) is 0 Å². The van der Waals surface area contributed by atoms with Crippen molar-refractivity contribution < 1.29 is 14.2 Å². The molecule has 3 nitrogen and oxygen atoms in total. The Balaban J connectivity index is 2.10. The lowest BCUT2D eigenvalue weighted by Crippen LogP contribution is -2.16. The lowest BCUT2D eigenvalue weighted by atomic mass is 10.0. The molecule has 0 aromatic heterocycles. The summed E-state index contributed by atoms with van der Waals surface area (Å²) in [5, 5.41) is 0.503. The molecule has 0 N–H and O–H groups in total. The predicted octanol–water partition coefficient (Wildman–Crippen LogP) is 7.48. The van der Waals surface area contributed by atoms with E-state index in [-0.39, 0.29) is 47.1 Å². The molecule has 0 saturated heterocycles. The Morgan fingerprint density at radius 3 is 1.83 bits per heavy atom. The quantitative estimate of drug-likeness (QED) is 0.267. The van der Waals surface area contributed by atoms with Gasteiger partial charge in [-0.1, -0.05) is 76.2 Å². The molecule has 29 heavy (non-hydrogen) atoms. The first-order chi connectivity index (χ1) is 13.7. The monoisotopic (exact) mass is 503 g/mol. The number of halogens is 5. The second-order valence-electron chi connectivity index (χ2n) is 5.79. The standard InChI is InChI=1S/C20H9Cl5O3P/c21-10-8-14(24)17(15(25)9-10)19(26)11-4-1-2-7-16(11)29(28)20(27)18-12(22)5-3-6-13(18)23/h1-9H. The van der Waals surface area contributed by atoms with E-state index in [2.05, 4.69) is 0 Å². The number of ketones is 1. The van der Waals surface area contributed by atoms with Gasteiger partial charge in [0.05, 0.1) is 36.5 Å². The summed E-state index contributed by atoms with van der Waals surface area (Å²) in [6, 6.07) is 13.2. The number of rotatable bonds is 5. The summed E-state index contributed by atoms with van der Waals surface area (Å²) in [5.41, 5.74) is -0.834. The van der Waals surface area contributed by atoms with Gasteiger partial charge < -0.3 is 0 Å². The molecule has 0 heterocycles. The molecule has 0 aliphatic rings. The molecule has 0 amide bonds. The van der Waals surface area contributed by atoms with Gasteiger partial charge in [-0.2, -0.15) is 0 Å². The molecule has 0 bridgehead atoms. The van der Waals surface area contributed by atoms with Gasteiger partial charge in [-0.3, -0.25) is 14.2 Å². The number of carbonyl (C=O) groups is 2. The molecule has 147 valence electrons. The van der Waals surface area contributed by atoms with Crippen LogP contribution in [0.2, 0.25) is 25.1 Å². The number of hydrogen-bond donors (Lipinski definition) is 0. The van der Waals surface area contributed by atoms with E-state index in [1.807, 2.05) is 0 Å². The lowest BCUT2D eigenvalue weighted by Gasteiger charge is -2.11. The van der Waals surface area contributed by atoms with Gasteiger partial charge in [-0.25, -0.2) is 0 Å². The van der Waals surface area contributed by atoms with Crippen molar-refractivity contribution in [2.24, 2.45) is 0 Å². The molecule has 0 fully saturated rings. The Labute approximate surface area is 192 Å². The van der Waals surface area contributed by atoms with Gasteiger partial charge >= 0.3 is 0 Å². The van der Waals surface area contributed by atoms with Gasteiger partial charge in [0.15, 0.2) is 13.6 Å². The predicted molar refractivity (Wildman–Crippen MR) is 119 cm³/mol. The molecule has 3 rings (SSSR count). The van der Waals surface area contributed by atoms with Gasteiger partial charge in [0, 0.05) is 10.6 Å². The van der Waals surface area contributed by atoms with Crippen LogP contribution < -0.4 is 5.30 Å². The largest absolute Gasteiger partial charge is 0.288 e. The van der Waals surface area contributed by atoms with Crippen LogP contribution in [0.3, 0.4) is 0 Å². The van der Waals surface area contributed by atoms with Crippen molar-refractivity contribution in [3.05, 3.63) is 96.4 Å². The topological polar surface area (TPSA) is 51.2 Å². The van der Waals surface area contributed by atoms with E-state index in [9.17, 15) is 14.2 Å². The molecule has 3 aromatic carbocycles. The second kappa shape index (κ2) is 9.14. The molecule has 3 aromatic rings. The minimum atomic E-state index is -2.71. The fourth-order valence-electron chi connectivity index (χ4n) is 2.65. The third kappa shape index (κ3) is 4.51. The molecule has 1 radical (unpaired) electrons. The van der Waals surface area contributed by atoms with E-state index >= 15 is 0 Å². The Bertz CT molecular complexity index is 1130. The summed E-state index contributed by atoms with van der Waals surface area (Å²) in [5.74, 6) is -0.589. The van der Waals surface area contributed by atoms with E-state index in [1.54, 1.807) is 18.2 Å². The summed E-state index contributed by atoms with van der Waals surface area (Å²) < 4.78 is 13.1. The Morgan fingerprint density at radius 2 is 1.24 bits per heavy atom. The van der Waals surface area contributed by atoms with Crippen molar-refractivity contribution in [3.63, 3.8) is 0 Å². The maximum atomic E-state index is 13.1. The number of benzene rings is 3. The highest BCUT2D eigenvalue weighted by molar-refractivity contribution is 7.71. The van der Waals surface area contributed by atoms with Crippen LogP contribution in [0.15, 0.2) is 54.6 Å². The zero-order chi connectivity index (χ0) is 21.3. The molecule has 0 aliphatic carbocycles. The van der Waals surface area contributed by atoms with Gasteiger partial charge in [0.2, 0.25) is 5.52 Å². The van der Waals surface area contributed by atoms with E-state index in [4.69, 9.17) is 58.0 Å². The molecule has 9 heteroatoms. The minimum absolute atomic E-state index is 0.00296. The number of hydrogen-bond acceptors (Lipinski definition) is 3. The van der Waals surface area contributed by atoms with E-state index in [0.29, 0.717) is 0 Å². The van der Waals surface area contributed by atoms with Crippen molar-refractivity contribution in [2.75, 3.05) is 0 Å². The van der Waals surface area contributed by atoms with E-state index < -0.39 is 19.1 Å². The van der Waals surface area contributed by atoms with Crippen molar-refractivity contribution in [1.82, 2.24) is 0 Å². The first kappa shape index (κ1) is 22.2. The van der Waals surface area contributed by atoms with Gasteiger partial charge in [0.25, 0.3) is 0 Å². The third-order valence-electron chi connectivity index (χ3n) is 3.96. The molecule has 1 atom stereocenters. The van der Waals surface area contributed by atoms with Crippen LogP contribution in [-0.4, -0.2) is 11.3 Å². The molecule has 0 saturated carbocycles. The fourth-order valence-corrected chi connectivity index (χ4v) is 5.62. The molecule has 1 unspecified atom stereocenters. The first-order valence-corrected chi connectivity index (χ1v) is 11.1. The highest BCUT2D eigenvalue weighted by Crippen LogP contribution is 2.36. The third-order valence-corrected chi connectivity index (χ3v) is 6.83. The zero-order valence-electron chi connectivity index (χ0n) is 14.3. The summed E-state index contributed by atoms with van der Waals surface area (Å²) in [6.07, 6.45) is 0. The molecular formula is C20H9Cl5O3P. The highest BCUT2D eigenvalue weighted by Gasteiger charge is 2.28. The Kier molecular flexibility index (Phi) is 7.01. The normalized spacial score (nSPS) is 11.3. The smallest absolute Gasteiger partial charge is 0.249 e. The average molecular weight is 506 g/mol. The summed E-state index contributed by atoms with van der Waals surface area (Å²) >= 11 is 30.3. The lowest BCUT2D eigenvalue weighted by molar-refractivity contribution is 0.103. The van der Waals surface area contributed by atoms with Gasteiger partial charge in [-0.05, 0) is 36.4 Å². The van der Waals surface area contributed by atoms with Crippen molar-refractivity contribution in [2.45, 2.75) is 0 Å². The molecule has 0 aliphatic heterocycles. The van der Waals surface area contributed by atoms with Crippen molar-refractivity contribution >= 4 is 82.4 Å². The second-order valence-corrected chi connectivity index (χ2v) is 9.33. The Morgan fingerprint density at radius 1 is 0.690 bits per heavy atom. The summed E-state index contributed by atoms with van der Waals surface area (Å²) in [6.45, 7) is 0. The van der Waals surface area contributed by atoms with Crippen LogP contribution in [0.1, 0.15) is 26.3 Å². The molecule has 0 spiro atoms. The number of carbonyl (C=O) groups excluding carboxylic acids is 2. The maximum Gasteiger partial charge on any atom is 0.249 e. The highest BCUT2D eigenvalue weighted by atomic mass is 35.5. The van der Waals surface area contributed by atoms with Crippen LogP contribution in [0.5, 0.6) is 0 Å². The SMILES string of the molecule is O=C(c1ccccc1[P](=O)C(=O)c1c(Cl)cccc1Cl)c1c(Cl)cc(Cl)cc1Cl. The van der Waals surface area contributed by atoms with Crippen molar-refractivity contribution in [1.29, 1.82) is 0 Å². The fraction of sp³-hybridized carbons (Fsp3) is 0. The maximum absolute atomic E-state index is 13.1. The van der Waals surface area contributed by atoms with Crippen molar-refractivity contribution in [3.8, 4) is 0 Å². The minimum Gasteiger partial charge on any atom is -0.288 e. The first-order valence-electron chi connectivity index (χ1n) is 7.96. The Hall–Kier alpha value is -1.45. The van der Waals surface area contributed by atoms with Crippen LogP contribution in [0.4, 0.5) is 0 Å². The average Bonchev–Trinajstić information content (AvgIpc) is 2.66. The molecular weight excluding hydrogens is 496 g/mol. The van der Waals surface area contributed by atoms with Gasteiger partial charge in [-0.15, -0.1) is 0 Å². The summed E-state index contributed by atoms with van der Waals surface area (Å²) in [7, 11) is -2.71. The zero-order valence-corrected chi connectivity index (χ0v) is 18.9. The van der Waals surface area contributed by atoms with E-state index in [1.165, 1.54) is 36.4 Å².